The summed E-state index contributed by atoms with van der Waals surface area (Å²) in [6.07, 6.45) is 8.19. The number of rotatable bonds is 3. The second kappa shape index (κ2) is 8.02. The van der Waals surface area contributed by atoms with Gasteiger partial charge < -0.3 is 21.3 Å². The van der Waals surface area contributed by atoms with Crippen LogP contribution in [0.1, 0.15) is 82.0 Å². The van der Waals surface area contributed by atoms with E-state index in [1.807, 2.05) is 31.2 Å². The van der Waals surface area contributed by atoms with E-state index in [4.69, 9.17) is 16.2 Å². The van der Waals surface area contributed by atoms with Crippen LogP contribution in [0.15, 0.2) is 36.4 Å². The summed E-state index contributed by atoms with van der Waals surface area (Å²) < 4.78 is 5.36. The predicted octanol–water partition coefficient (Wildman–Crippen LogP) is 5.21. The summed E-state index contributed by atoms with van der Waals surface area (Å²) in [6, 6.07) is 12.1. The third-order valence-electron chi connectivity index (χ3n) is 11.4. The van der Waals surface area contributed by atoms with Crippen molar-refractivity contribution in [3.8, 4) is 5.75 Å². The standard InChI is InChI=1S/C31H42N2O3/c1-28(35)14-15-31(33)25-11-12-29(2)24(23(25)10-13-30(31,32)18-28)8-9-26(29)27(34)21-5-4-20-17-22(36-3)7-6-19(20)16-21/h4-7,16-17,23-26,35H,8-15,18,32-33H2,1-3H3/t23-,24-,25-,26+,28+,29-,30-,31-/m0/s1. The number of fused-ring (bicyclic) bond motifs is 6. The van der Waals surface area contributed by atoms with E-state index in [2.05, 4.69) is 19.1 Å². The third-order valence-corrected chi connectivity index (χ3v) is 11.4. The number of Topliss-reactive ketones (excluding diaryl/α,β-unsaturated/α-hetero) is 1. The van der Waals surface area contributed by atoms with Crippen molar-refractivity contribution in [1.82, 2.24) is 0 Å². The van der Waals surface area contributed by atoms with Crippen molar-refractivity contribution in [3.63, 3.8) is 0 Å². The molecule has 194 valence electrons. The second-order valence-electron chi connectivity index (χ2n) is 13.3. The maximum Gasteiger partial charge on any atom is 0.166 e. The van der Waals surface area contributed by atoms with Gasteiger partial charge in [-0.2, -0.15) is 0 Å². The lowest BCUT2D eigenvalue weighted by molar-refractivity contribution is -0.121. The molecule has 4 aliphatic rings. The maximum absolute atomic E-state index is 14.0. The number of nitrogens with two attached hydrogens (primary N) is 2. The van der Waals surface area contributed by atoms with E-state index in [-0.39, 0.29) is 11.3 Å². The lowest BCUT2D eigenvalue weighted by atomic mass is 9.44. The number of hydrogen-bond donors (Lipinski definition) is 3. The molecule has 0 radical (unpaired) electrons. The molecule has 4 saturated carbocycles. The van der Waals surface area contributed by atoms with Gasteiger partial charge in [0.25, 0.3) is 0 Å². The average molecular weight is 491 g/mol. The van der Waals surface area contributed by atoms with Crippen molar-refractivity contribution in [2.75, 3.05) is 7.11 Å². The molecule has 0 spiro atoms. The summed E-state index contributed by atoms with van der Waals surface area (Å²) in [7, 11) is 1.68. The summed E-state index contributed by atoms with van der Waals surface area (Å²) in [4.78, 5) is 14.0. The summed E-state index contributed by atoms with van der Waals surface area (Å²) >= 11 is 0. The Hall–Kier alpha value is -1.95. The van der Waals surface area contributed by atoms with E-state index in [1.165, 1.54) is 0 Å². The Labute approximate surface area is 215 Å². The number of ketones is 1. The van der Waals surface area contributed by atoms with E-state index in [0.29, 0.717) is 30.0 Å². The maximum atomic E-state index is 14.0. The number of aliphatic hydroxyl groups is 1. The largest absolute Gasteiger partial charge is 0.497 e. The van der Waals surface area contributed by atoms with Crippen LogP contribution < -0.4 is 16.2 Å². The van der Waals surface area contributed by atoms with Gasteiger partial charge in [-0.1, -0.05) is 25.1 Å². The van der Waals surface area contributed by atoms with Crippen molar-refractivity contribution in [2.45, 2.75) is 88.3 Å². The molecule has 6 rings (SSSR count). The smallest absolute Gasteiger partial charge is 0.166 e. The van der Waals surface area contributed by atoms with Crippen LogP contribution in [-0.4, -0.2) is 34.7 Å². The lowest BCUT2D eigenvalue weighted by Gasteiger charge is -2.65. The summed E-state index contributed by atoms with van der Waals surface area (Å²) in [6.45, 7) is 4.30. The molecule has 0 amide bonds. The number of benzene rings is 2. The molecule has 0 saturated heterocycles. The molecule has 8 atom stereocenters. The molecule has 0 bridgehead atoms. The average Bonchev–Trinajstić information content (AvgIpc) is 3.20. The van der Waals surface area contributed by atoms with Gasteiger partial charge in [0.2, 0.25) is 0 Å². The highest BCUT2D eigenvalue weighted by Gasteiger charge is 2.65. The van der Waals surface area contributed by atoms with Crippen molar-refractivity contribution in [1.29, 1.82) is 0 Å². The van der Waals surface area contributed by atoms with Crippen molar-refractivity contribution >= 4 is 16.6 Å². The molecular formula is C31H42N2O3. The Bertz CT molecular complexity index is 1210. The lowest BCUT2D eigenvalue weighted by Crippen LogP contribution is -2.77. The van der Waals surface area contributed by atoms with Crippen LogP contribution >= 0.6 is 0 Å². The molecule has 36 heavy (non-hydrogen) atoms. The van der Waals surface area contributed by atoms with E-state index in [0.717, 1.165) is 73.5 Å². The van der Waals surface area contributed by atoms with Crippen LogP contribution in [0.2, 0.25) is 0 Å². The van der Waals surface area contributed by atoms with Crippen LogP contribution in [0.4, 0.5) is 0 Å². The molecule has 5 heteroatoms. The minimum atomic E-state index is -0.719. The predicted molar refractivity (Wildman–Crippen MR) is 143 cm³/mol. The highest BCUT2D eigenvalue weighted by molar-refractivity contribution is 6.02. The summed E-state index contributed by atoms with van der Waals surface area (Å²) in [5.74, 6) is 2.62. The first-order valence-corrected chi connectivity index (χ1v) is 13.9. The Morgan fingerprint density at radius 1 is 0.917 bits per heavy atom. The molecule has 5 nitrogen and oxygen atoms in total. The first kappa shape index (κ1) is 24.4. The van der Waals surface area contributed by atoms with E-state index in [9.17, 15) is 9.90 Å². The minimum Gasteiger partial charge on any atom is -0.497 e. The van der Waals surface area contributed by atoms with Gasteiger partial charge in [0.05, 0.1) is 12.7 Å². The van der Waals surface area contributed by atoms with E-state index in [1.54, 1.807) is 7.11 Å². The zero-order valence-electron chi connectivity index (χ0n) is 22.1. The van der Waals surface area contributed by atoms with Gasteiger partial charge in [-0.05, 0) is 117 Å². The zero-order chi connectivity index (χ0) is 25.5. The van der Waals surface area contributed by atoms with Gasteiger partial charge in [-0.15, -0.1) is 0 Å². The fourth-order valence-corrected chi connectivity index (χ4v) is 9.42. The SMILES string of the molecule is COc1ccc2cc(C(=O)[C@H]3CC[C@H]4[C@@H]5CC[C@]6(N)C[C@](C)(O)CC[C@]6(N)[C@H]5CC[C@]34C)ccc2c1. The number of carbonyl (C=O) groups excluding carboxylic acids is 1. The van der Waals surface area contributed by atoms with Crippen LogP contribution in [0.25, 0.3) is 10.8 Å². The monoisotopic (exact) mass is 490 g/mol. The van der Waals surface area contributed by atoms with Crippen LogP contribution in [0, 0.1) is 29.1 Å². The van der Waals surface area contributed by atoms with Gasteiger partial charge in [-0.3, -0.25) is 4.79 Å². The minimum absolute atomic E-state index is 0.0121. The molecule has 4 aliphatic carbocycles. The molecule has 0 aliphatic heterocycles. The molecule has 2 aromatic rings. The molecule has 0 heterocycles. The number of ether oxygens (including phenoxy) is 1. The number of carbonyl (C=O) groups is 1. The fourth-order valence-electron chi connectivity index (χ4n) is 9.42. The van der Waals surface area contributed by atoms with Gasteiger partial charge in [0.15, 0.2) is 5.78 Å². The molecule has 0 aromatic heterocycles. The van der Waals surface area contributed by atoms with Gasteiger partial charge in [0.1, 0.15) is 5.75 Å². The second-order valence-corrected chi connectivity index (χ2v) is 13.3. The van der Waals surface area contributed by atoms with Crippen LogP contribution in [0.3, 0.4) is 0 Å². The first-order chi connectivity index (χ1) is 17.0. The highest BCUT2D eigenvalue weighted by atomic mass is 16.5. The molecular weight excluding hydrogens is 448 g/mol. The molecule has 0 unspecified atom stereocenters. The Balaban J connectivity index is 1.26. The highest BCUT2D eigenvalue weighted by Crippen LogP contribution is 2.65. The van der Waals surface area contributed by atoms with Gasteiger partial charge in [0, 0.05) is 22.6 Å². The Morgan fingerprint density at radius 2 is 1.67 bits per heavy atom. The van der Waals surface area contributed by atoms with E-state index >= 15 is 0 Å². The quantitative estimate of drug-likeness (QED) is 0.513. The number of methoxy groups -OCH3 is 1. The first-order valence-electron chi connectivity index (χ1n) is 13.9. The third kappa shape index (κ3) is 3.42. The molecule has 5 N–H and O–H groups in total. The van der Waals surface area contributed by atoms with Crippen molar-refractivity contribution in [2.24, 2.45) is 40.6 Å². The van der Waals surface area contributed by atoms with Gasteiger partial charge >= 0.3 is 0 Å². The zero-order valence-corrected chi connectivity index (χ0v) is 22.1. The van der Waals surface area contributed by atoms with Crippen LogP contribution in [-0.2, 0) is 0 Å². The van der Waals surface area contributed by atoms with Crippen LogP contribution in [0.5, 0.6) is 5.75 Å². The van der Waals surface area contributed by atoms with Crippen molar-refractivity contribution < 1.29 is 14.6 Å². The molecule has 2 aromatic carbocycles. The Morgan fingerprint density at radius 3 is 2.44 bits per heavy atom. The normalized spacial score (nSPS) is 43.9. The molecule has 4 fully saturated rings. The Kier molecular flexibility index (Phi) is 5.44. The van der Waals surface area contributed by atoms with Gasteiger partial charge in [-0.25, -0.2) is 0 Å². The van der Waals surface area contributed by atoms with Crippen molar-refractivity contribution in [3.05, 3.63) is 42.0 Å². The topological polar surface area (TPSA) is 98.6 Å². The van der Waals surface area contributed by atoms with E-state index < -0.39 is 16.7 Å². The summed E-state index contributed by atoms with van der Waals surface area (Å²) in [5, 5.41) is 13.0. The summed E-state index contributed by atoms with van der Waals surface area (Å²) in [5.41, 5.74) is 13.5. The fraction of sp³-hybridized carbons (Fsp3) is 0.645. The number of hydrogen-bond acceptors (Lipinski definition) is 5.